The summed E-state index contributed by atoms with van der Waals surface area (Å²) >= 11 is 0. The van der Waals surface area contributed by atoms with Gasteiger partial charge in [0.15, 0.2) is 11.5 Å². The number of carbonyl (C=O) groups excluding carboxylic acids is 2. The first-order valence-corrected chi connectivity index (χ1v) is 10.2. The van der Waals surface area contributed by atoms with Crippen molar-refractivity contribution in [3.05, 3.63) is 77.1 Å². The summed E-state index contributed by atoms with van der Waals surface area (Å²) in [6.45, 7) is 0.361. The van der Waals surface area contributed by atoms with Gasteiger partial charge in [-0.15, -0.1) is 0 Å². The van der Waals surface area contributed by atoms with Crippen molar-refractivity contribution >= 4 is 11.7 Å². The van der Waals surface area contributed by atoms with E-state index in [-0.39, 0.29) is 44.1 Å². The number of aliphatic hydroxyl groups excluding tert-OH is 2. The van der Waals surface area contributed by atoms with Crippen molar-refractivity contribution in [2.75, 3.05) is 33.5 Å². The van der Waals surface area contributed by atoms with Gasteiger partial charge in [0.1, 0.15) is 5.75 Å². The van der Waals surface area contributed by atoms with Crippen LogP contribution in [-0.2, 0) is 20.7 Å². The number of amides is 1. The summed E-state index contributed by atoms with van der Waals surface area (Å²) in [4.78, 5) is 27.4. The Hall–Kier alpha value is -3.16. The van der Waals surface area contributed by atoms with Gasteiger partial charge in [0, 0.05) is 13.0 Å². The van der Waals surface area contributed by atoms with Crippen molar-refractivity contribution in [3.63, 3.8) is 0 Å². The van der Waals surface area contributed by atoms with Crippen LogP contribution in [0.3, 0.4) is 0 Å². The molecule has 0 saturated heterocycles. The molecule has 7 nitrogen and oxygen atoms in total. The highest BCUT2D eigenvalue weighted by Gasteiger charge is 2.43. The van der Waals surface area contributed by atoms with Crippen LogP contribution in [0.15, 0.2) is 65.9 Å². The lowest BCUT2D eigenvalue weighted by molar-refractivity contribution is -0.130. The number of rotatable bonds is 11. The maximum atomic E-state index is 13.1. The van der Waals surface area contributed by atoms with Crippen LogP contribution in [0.2, 0.25) is 0 Å². The van der Waals surface area contributed by atoms with Crippen LogP contribution in [0.5, 0.6) is 5.75 Å². The molecular formula is C24H27NO6. The standard InChI is InChI=1S/C24H27NO6/c1-30-19-9-5-8-18(16-19)22-21(20(27)11-10-17-6-3-2-4-7-17)23(28)24(29)25(22)12-14-31-15-13-26/h2-9,16,22,26,28H,10-15H2,1H3. The molecule has 3 rings (SSSR count). The first kappa shape index (κ1) is 22.5. The van der Waals surface area contributed by atoms with E-state index in [2.05, 4.69) is 0 Å². The first-order chi connectivity index (χ1) is 15.1. The second-order valence-electron chi connectivity index (χ2n) is 7.18. The van der Waals surface area contributed by atoms with Gasteiger partial charge in [-0.3, -0.25) is 9.59 Å². The molecule has 0 aliphatic carbocycles. The third-order valence-electron chi connectivity index (χ3n) is 5.21. The van der Waals surface area contributed by atoms with E-state index < -0.39 is 17.7 Å². The van der Waals surface area contributed by atoms with Crippen molar-refractivity contribution in [2.45, 2.75) is 18.9 Å². The topological polar surface area (TPSA) is 96.3 Å². The molecule has 164 valence electrons. The summed E-state index contributed by atoms with van der Waals surface area (Å²) in [6, 6.07) is 16.0. The number of carbonyl (C=O) groups is 2. The van der Waals surface area contributed by atoms with Gasteiger partial charge in [-0.1, -0.05) is 42.5 Å². The molecule has 7 heteroatoms. The Morgan fingerprint density at radius 1 is 1.10 bits per heavy atom. The Labute approximate surface area is 181 Å². The van der Waals surface area contributed by atoms with E-state index >= 15 is 0 Å². The van der Waals surface area contributed by atoms with Crippen LogP contribution in [0, 0.1) is 0 Å². The van der Waals surface area contributed by atoms with Gasteiger partial charge in [0.25, 0.3) is 5.91 Å². The summed E-state index contributed by atoms with van der Waals surface area (Å²) in [7, 11) is 1.54. The predicted molar refractivity (Wildman–Crippen MR) is 115 cm³/mol. The third kappa shape index (κ3) is 5.31. The zero-order valence-electron chi connectivity index (χ0n) is 17.5. The van der Waals surface area contributed by atoms with Gasteiger partial charge in [0.2, 0.25) is 0 Å². The van der Waals surface area contributed by atoms with Crippen molar-refractivity contribution < 1.29 is 29.3 Å². The smallest absolute Gasteiger partial charge is 0.290 e. The molecule has 31 heavy (non-hydrogen) atoms. The fourth-order valence-corrected chi connectivity index (χ4v) is 3.69. The molecule has 1 atom stereocenters. The second kappa shape index (κ2) is 10.7. The summed E-state index contributed by atoms with van der Waals surface area (Å²) in [6.07, 6.45) is 0.682. The maximum Gasteiger partial charge on any atom is 0.290 e. The number of ketones is 1. The molecule has 1 amide bonds. The Bertz CT molecular complexity index is 940. The Balaban J connectivity index is 1.87. The molecule has 0 spiro atoms. The van der Waals surface area contributed by atoms with Crippen LogP contribution < -0.4 is 4.74 Å². The van der Waals surface area contributed by atoms with E-state index in [1.807, 2.05) is 30.3 Å². The highest BCUT2D eigenvalue weighted by Crippen LogP contribution is 2.39. The number of Topliss-reactive ketones (excluding diaryl/α,β-unsaturated/α-hetero) is 1. The molecular weight excluding hydrogens is 398 g/mol. The van der Waals surface area contributed by atoms with E-state index in [4.69, 9.17) is 14.6 Å². The zero-order valence-corrected chi connectivity index (χ0v) is 17.5. The molecule has 0 fully saturated rings. The van der Waals surface area contributed by atoms with Gasteiger partial charge >= 0.3 is 0 Å². The Morgan fingerprint density at radius 3 is 2.58 bits per heavy atom. The average molecular weight is 425 g/mol. The van der Waals surface area contributed by atoms with E-state index in [1.165, 1.54) is 4.90 Å². The molecule has 0 aromatic heterocycles. The summed E-state index contributed by atoms with van der Waals surface area (Å²) < 4.78 is 10.6. The summed E-state index contributed by atoms with van der Waals surface area (Å²) in [5.74, 6) is -0.818. The molecule has 1 heterocycles. The highest BCUT2D eigenvalue weighted by molar-refractivity contribution is 6.09. The molecule has 0 radical (unpaired) electrons. The van der Waals surface area contributed by atoms with Crippen molar-refractivity contribution in [1.82, 2.24) is 4.90 Å². The largest absolute Gasteiger partial charge is 0.503 e. The number of benzene rings is 2. The third-order valence-corrected chi connectivity index (χ3v) is 5.21. The lowest BCUT2D eigenvalue weighted by Gasteiger charge is -2.27. The van der Waals surface area contributed by atoms with Crippen molar-refractivity contribution in [2.24, 2.45) is 0 Å². The number of ether oxygens (including phenoxy) is 2. The monoisotopic (exact) mass is 425 g/mol. The number of hydrogen-bond acceptors (Lipinski definition) is 6. The van der Waals surface area contributed by atoms with E-state index in [1.54, 1.807) is 31.4 Å². The van der Waals surface area contributed by atoms with Gasteiger partial charge in [0.05, 0.1) is 38.5 Å². The van der Waals surface area contributed by atoms with E-state index in [0.717, 1.165) is 5.56 Å². The summed E-state index contributed by atoms with van der Waals surface area (Å²) in [5.41, 5.74) is 1.77. The number of nitrogens with zero attached hydrogens (tertiary/aromatic N) is 1. The van der Waals surface area contributed by atoms with Crippen molar-refractivity contribution in [3.8, 4) is 5.75 Å². The molecule has 2 aromatic rings. The molecule has 0 saturated carbocycles. The van der Waals surface area contributed by atoms with Crippen LogP contribution in [0.4, 0.5) is 0 Å². The minimum atomic E-state index is -0.733. The molecule has 1 aliphatic rings. The Morgan fingerprint density at radius 2 is 1.87 bits per heavy atom. The Kier molecular flexibility index (Phi) is 7.81. The van der Waals surface area contributed by atoms with Crippen LogP contribution >= 0.6 is 0 Å². The SMILES string of the molecule is COc1cccc(C2C(C(=O)CCc3ccccc3)=C(O)C(=O)N2CCOCCO)c1. The van der Waals surface area contributed by atoms with Crippen LogP contribution in [0.1, 0.15) is 23.6 Å². The summed E-state index contributed by atoms with van der Waals surface area (Å²) in [5, 5.41) is 19.5. The minimum absolute atomic E-state index is 0.0938. The highest BCUT2D eigenvalue weighted by atomic mass is 16.5. The van der Waals surface area contributed by atoms with Gasteiger partial charge in [-0.05, 0) is 29.7 Å². The lowest BCUT2D eigenvalue weighted by Crippen LogP contribution is -2.34. The maximum absolute atomic E-state index is 13.1. The number of aryl methyl sites for hydroxylation is 1. The lowest BCUT2D eigenvalue weighted by atomic mass is 9.93. The number of aliphatic hydroxyl groups is 2. The molecule has 1 unspecified atom stereocenters. The molecule has 2 N–H and O–H groups in total. The average Bonchev–Trinajstić information content (AvgIpc) is 3.06. The fourth-order valence-electron chi connectivity index (χ4n) is 3.69. The quantitative estimate of drug-likeness (QED) is 0.537. The fraction of sp³-hybridized carbons (Fsp3) is 0.333. The van der Waals surface area contributed by atoms with E-state index in [0.29, 0.717) is 17.7 Å². The predicted octanol–water partition coefficient (Wildman–Crippen LogP) is 2.60. The molecule has 0 bridgehead atoms. The number of hydrogen-bond donors (Lipinski definition) is 2. The number of methoxy groups -OCH3 is 1. The van der Waals surface area contributed by atoms with Gasteiger partial charge in [-0.25, -0.2) is 0 Å². The van der Waals surface area contributed by atoms with E-state index in [9.17, 15) is 14.7 Å². The van der Waals surface area contributed by atoms with Crippen LogP contribution in [0.25, 0.3) is 0 Å². The zero-order chi connectivity index (χ0) is 22.2. The van der Waals surface area contributed by atoms with Crippen LogP contribution in [-0.4, -0.2) is 60.3 Å². The second-order valence-corrected chi connectivity index (χ2v) is 7.18. The first-order valence-electron chi connectivity index (χ1n) is 10.2. The minimum Gasteiger partial charge on any atom is -0.503 e. The molecule has 2 aromatic carbocycles. The van der Waals surface area contributed by atoms with Gasteiger partial charge in [-0.2, -0.15) is 0 Å². The van der Waals surface area contributed by atoms with Crippen molar-refractivity contribution in [1.29, 1.82) is 0 Å². The normalized spacial score (nSPS) is 16.1. The molecule has 1 aliphatic heterocycles. The van der Waals surface area contributed by atoms with Gasteiger partial charge < -0.3 is 24.6 Å².